The number of ether oxygens (including phenoxy) is 1. The van der Waals surface area contributed by atoms with E-state index >= 15 is 0 Å². The van der Waals surface area contributed by atoms with Gasteiger partial charge in [0, 0.05) is 33.1 Å². The number of hydrogen-bond donors (Lipinski definition) is 2. The SMILES string of the molecule is CC(=O)Nc1nnc(SCC(=O)NCC2CN(Cc3ccc(F)c(F)c3)CCO2)s1. The lowest BCUT2D eigenvalue weighted by molar-refractivity contribution is -0.119. The average molecular weight is 458 g/mol. The van der Waals surface area contributed by atoms with Crippen LogP contribution in [0.15, 0.2) is 22.5 Å². The first-order valence-electron chi connectivity index (χ1n) is 9.17. The zero-order valence-electron chi connectivity index (χ0n) is 16.2. The first-order chi connectivity index (χ1) is 14.4. The van der Waals surface area contributed by atoms with Crippen molar-refractivity contribution in [2.24, 2.45) is 0 Å². The van der Waals surface area contributed by atoms with Gasteiger partial charge in [-0.3, -0.25) is 14.5 Å². The Balaban J connectivity index is 1.39. The molecule has 2 amide bonds. The largest absolute Gasteiger partial charge is 0.374 e. The summed E-state index contributed by atoms with van der Waals surface area (Å²) in [7, 11) is 0. The van der Waals surface area contributed by atoms with E-state index in [-0.39, 0.29) is 23.7 Å². The molecule has 2 N–H and O–H groups in total. The van der Waals surface area contributed by atoms with Gasteiger partial charge in [0.05, 0.1) is 18.5 Å². The third-order valence-corrected chi connectivity index (χ3v) is 6.13. The molecule has 1 saturated heterocycles. The molecule has 0 spiro atoms. The van der Waals surface area contributed by atoms with Gasteiger partial charge < -0.3 is 15.4 Å². The monoisotopic (exact) mass is 457 g/mol. The fourth-order valence-corrected chi connectivity index (χ4v) is 4.45. The maximum Gasteiger partial charge on any atom is 0.230 e. The van der Waals surface area contributed by atoms with Gasteiger partial charge in [-0.15, -0.1) is 10.2 Å². The van der Waals surface area contributed by atoms with E-state index in [2.05, 4.69) is 25.7 Å². The average Bonchev–Trinajstić information content (AvgIpc) is 3.14. The number of hydrogen-bond acceptors (Lipinski definition) is 8. The molecular formula is C18H21F2N5O3S2. The molecule has 8 nitrogen and oxygen atoms in total. The Labute approximate surface area is 180 Å². The van der Waals surface area contributed by atoms with E-state index in [1.54, 1.807) is 6.07 Å². The highest BCUT2D eigenvalue weighted by atomic mass is 32.2. The molecule has 1 aliphatic heterocycles. The summed E-state index contributed by atoms with van der Waals surface area (Å²) in [6, 6.07) is 3.88. The Morgan fingerprint density at radius 2 is 2.17 bits per heavy atom. The van der Waals surface area contributed by atoms with E-state index in [0.717, 1.165) is 6.07 Å². The highest BCUT2D eigenvalue weighted by Crippen LogP contribution is 2.25. The number of aromatic nitrogens is 2. The van der Waals surface area contributed by atoms with E-state index in [1.165, 1.54) is 36.1 Å². The molecule has 0 bridgehead atoms. The Bertz CT molecular complexity index is 898. The topological polar surface area (TPSA) is 96.5 Å². The van der Waals surface area contributed by atoms with Crippen molar-refractivity contribution in [2.45, 2.75) is 23.9 Å². The van der Waals surface area contributed by atoms with Crippen LogP contribution in [-0.4, -0.2) is 65.0 Å². The number of halogens is 2. The van der Waals surface area contributed by atoms with Crippen LogP contribution in [0.5, 0.6) is 0 Å². The van der Waals surface area contributed by atoms with Gasteiger partial charge in [0.2, 0.25) is 16.9 Å². The minimum absolute atomic E-state index is 0.167. The summed E-state index contributed by atoms with van der Waals surface area (Å²) in [5.74, 6) is -1.95. The van der Waals surface area contributed by atoms with Crippen molar-refractivity contribution in [2.75, 3.05) is 37.3 Å². The zero-order chi connectivity index (χ0) is 21.5. The van der Waals surface area contributed by atoms with Gasteiger partial charge in [-0.2, -0.15) is 0 Å². The van der Waals surface area contributed by atoms with E-state index in [9.17, 15) is 18.4 Å². The molecule has 1 aliphatic rings. The van der Waals surface area contributed by atoms with Crippen LogP contribution in [0.2, 0.25) is 0 Å². The van der Waals surface area contributed by atoms with Crippen molar-refractivity contribution in [1.82, 2.24) is 20.4 Å². The van der Waals surface area contributed by atoms with Crippen LogP contribution < -0.4 is 10.6 Å². The third-order valence-electron chi connectivity index (χ3n) is 4.16. The summed E-state index contributed by atoms with van der Waals surface area (Å²) in [5.41, 5.74) is 0.686. The minimum atomic E-state index is -0.862. The van der Waals surface area contributed by atoms with E-state index < -0.39 is 11.6 Å². The number of benzene rings is 1. The summed E-state index contributed by atoms with van der Waals surface area (Å²) in [5, 5.41) is 13.5. The number of rotatable bonds is 8. The molecule has 1 aromatic heterocycles. The number of nitrogens with one attached hydrogen (secondary N) is 2. The van der Waals surface area contributed by atoms with Gasteiger partial charge in [-0.1, -0.05) is 29.2 Å². The first-order valence-corrected chi connectivity index (χ1v) is 11.0. The lowest BCUT2D eigenvalue weighted by atomic mass is 10.1. The van der Waals surface area contributed by atoms with Crippen LogP contribution in [0.1, 0.15) is 12.5 Å². The molecule has 2 heterocycles. The number of thioether (sulfide) groups is 1. The predicted molar refractivity (Wildman–Crippen MR) is 109 cm³/mol. The molecule has 162 valence electrons. The summed E-state index contributed by atoms with van der Waals surface area (Å²) >= 11 is 2.43. The third kappa shape index (κ3) is 6.97. The second-order valence-corrected chi connectivity index (χ2v) is 8.82. The van der Waals surface area contributed by atoms with Crippen molar-refractivity contribution in [3.05, 3.63) is 35.4 Å². The predicted octanol–water partition coefficient (Wildman–Crippen LogP) is 1.88. The molecule has 1 aromatic carbocycles. The van der Waals surface area contributed by atoms with Crippen molar-refractivity contribution in [1.29, 1.82) is 0 Å². The van der Waals surface area contributed by atoms with Crippen LogP contribution in [0.25, 0.3) is 0 Å². The molecule has 0 aliphatic carbocycles. The van der Waals surface area contributed by atoms with Crippen LogP contribution >= 0.6 is 23.1 Å². The molecule has 12 heteroatoms. The Hall–Kier alpha value is -2.15. The molecule has 0 radical (unpaired) electrons. The van der Waals surface area contributed by atoms with E-state index in [4.69, 9.17) is 4.74 Å². The van der Waals surface area contributed by atoms with Crippen LogP contribution in [0.3, 0.4) is 0 Å². The van der Waals surface area contributed by atoms with Crippen LogP contribution in [0, 0.1) is 11.6 Å². The van der Waals surface area contributed by atoms with E-state index in [0.29, 0.717) is 47.8 Å². The number of anilines is 1. The molecule has 30 heavy (non-hydrogen) atoms. The van der Waals surface area contributed by atoms with Crippen molar-refractivity contribution >= 4 is 40.0 Å². The Morgan fingerprint density at radius 1 is 1.33 bits per heavy atom. The summed E-state index contributed by atoms with van der Waals surface area (Å²) in [6.07, 6.45) is -0.189. The zero-order valence-corrected chi connectivity index (χ0v) is 17.8. The first kappa shape index (κ1) is 22.5. The lowest BCUT2D eigenvalue weighted by Gasteiger charge is -2.33. The molecule has 3 rings (SSSR count). The highest BCUT2D eigenvalue weighted by Gasteiger charge is 2.21. The Kier molecular flexibility index (Phi) is 8.08. The fraction of sp³-hybridized carbons (Fsp3) is 0.444. The molecule has 0 saturated carbocycles. The van der Waals surface area contributed by atoms with Crippen molar-refractivity contribution in [3.63, 3.8) is 0 Å². The van der Waals surface area contributed by atoms with Crippen molar-refractivity contribution < 1.29 is 23.1 Å². The standard InChI is InChI=1S/C18H21F2N5O3S2/c1-11(26)22-17-23-24-18(30-17)29-10-16(27)21-7-13-9-25(4-5-28-13)8-12-2-3-14(19)15(20)6-12/h2-3,6,13H,4-5,7-10H2,1H3,(H,21,27)(H,22,23,26). The van der Waals surface area contributed by atoms with Gasteiger partial charge in [0.1, 0.15) is 0 Å². The maximum atomic E-state index is 13.4. The quantitative estimate of drug-likeness (QED) is 0.462. The summed E-state index contributed by atoms with van der Waals surface area (Å²) in [6.45, 7) is 3.95. The van der Waals surface area contributed by atoms with Crippen LogP contribution in [0.4, 0.5) is 13.9 Å². The molecule has 1 unspecified atom stereocenters. The summed E-state index contributed by atoms with van der Waals surface area (Å²) < 4.78 is 32.7. The lowest BCUT2D eigenvalue weighted by Crippen LogP contribution is -2.47. The second-order valence-electron chi connectivity index (χ2n) is 6.62. The molecule has 1 atom stereocenters. The van der Waals surface area contributed by atoms with Gasteiger partial charge in [0.25, 0.3) is 0 Å². The normalized spacial score (nSPS) is 17.0. The number of nitrogens with zero attached hydrogens (tertiary/aromatic N) is 3. The fourth-order valence-electron chi connectivity index (χ4n) is 2.82. The molecule has 1 fully saturated rings. The molecule has 2 aromatic rings. The van der Waals surface area contributed by atoms with Gasteiger partial charge >= 0.3 is 0 Å². The van der Waals surface area contributed by atoms with Gasteiger partial charge in [0.15, 0.2) is 16.0 Å². The van der Waals surface area contributed by atoms with Crippen molar-refractivity contribution in [3.8, 4) is 0 Å². The second kappa shape index (κ2) is 10.8. The van der Waals surface area contributed by atoms with E-state index in [1.807, 2.05) is 0 Å². The highest BCUT2D eigenvalue weighted by molar-refractivity contribution is 8.01. The van der Waals surface area contributed by atoms with Gasteiger partial charge in [-0.25, -0.2) is 8.78 Å². The van der Waals surface area contributed by atoms with Crippen LogP contribution in [-0.2, 0) is 20.9 Å². The maximum absolute atomic E-state index is 13.4. The van der Waals surface area contributed by atoms with Gasteiger partial charge in [-0.05, 0) is 17.7 Å². The summed E-state index contributed by atoms with van der Waals surface area (Å²) in [4.78, 5) is 25.2. The smallest absolute Gasteiger partial charge is 0.230 e. The number of morpholine rings is 1. The number of amides is 2. The minimum Gasteiger partial charge on any atom is -0.374 e. The Morgan fingerprint density at radius 3 is 2.93 bits per heavy atom. The molecular weight excluding hydrogens is 436 g/mol. The number of carbonyl (C=O) groups excluding carboxylic acids is 2. The number of carbonyl (C=O) groups is 2.